The Hall–Kier alpha value is -3.27. The fourth-order valence-electron chi connectivity index (χ4n) is 2.65. The number of hydrogen-bond acceptors (Lipinski definition) is 4. The fourth-order valence-corrected chi connectivity index (χ4v) is 3.24. The summed E-state index contributed by atoms with van der Waals surface area (Å²) >= 11 is 12.5. The highest BCUT2D eigenvalue weighted by atomic mass is 35.5. The normalized spacial score (nSPS) is 11.1. The van der Waals surface area contributed by atoms with E-state index >= 15 is 0 Å². The minimum Gasteiger partial charge on any atom is -0.495 e. The maximum absolute atomic E-state index is 12.6. The number of methoxy groups -OCH3 is 1. The average molecular weight is 427 g/mol. The maximum atomic E-state index is 12.6. The van der Waals surface area contributed by atoms with Crippen LogP contribution in [-0.4, -0.2) is 22.8 Å². The molecular weight excluding hydrogens is 411 g/mol. The summed E-state index contributed by atoms with van der Waals surface area (Å²) in [6, 6.07) is 16.0. The molecule has 0 bridgehead atoms. The number of aryl methyl sites for hydroxylation is 1. The molecule has 1 N–H and O–H groups in total. The van der Waals surface area contributed by atoms with Crippen molar-refractivity contribution in [2.45, 2.75) is 6.92 Å². The van der Waals surface area contributed by atoms with Gasteiger partial charge in [0.1, 0.15) is 22.5 Å². The quantitative estimate of drug-likeness (QED) is 0.457. The van der Waals surface area contributed by atoms with Crippen LogP contribution in [0.3, 0.4) is 0 Å². The van der Waals surface area contributed by atoms with Crippen LogP contribution in [0.1, 0.15) is 11.3 Å². The molecule has 0 aliphatic heterocycles. The topological polar surface area (TPSA) is 79.9 Å². The molecule has 0 fully saturated rings. The summed E-state index contributed by atoms with van der Waals surface area (Å²) in [6.07, 6.45) is 1.42. The van der Waals surface area contributed by atoms with Gasteiger partial charge in [-0.05, 0) is 43.3 Å². The van der Waals surface area contributed by atoms with Crippen LogP contribution in [0.15, 0.2) is 54.1 Å². The molecule has 146 valence electrons. The van der Waals surface area contributed by atoms with Gasteiger partial charge < -0.3 is 10.1 Å². The number of nitrogens with one attached hydrogen (secondary N) is 1. The number of halogens is 2. The Morgan fingerprint density at radius 1 is 1.24 bits per heavy atom. The highest BCUT2D eigenvalue weighted by Crippen LogP contribution is 2.28. The zero-order valence-electron chi connectivity index (χ0n) is 15.6. The van der Waals surface area contributed by atoms with Crippen LogP contribution in [-0.2, 0) is 4.79 Å². The monoisotopic (exact) mass is 426 g/mol. The molecule has 2 aromatic carbocycles. The van der Waals surface area contributed by atoms with Gasteiger partial charge >= 0.3 is 0 Å². The Labute approximate surface area is 177 Å². The highest BCUT2D eigenvalue weighted by Gasteiger charge is 2.17. The molecule has 0 spiro atoms. The first-order valence-electron chi connectivity index (χ1n) is 8.51. The number of anilines is 1. The van der Waals surface area contributed by atoms with Crippen molar-refractivity contribution in [3.05, 3.63) is 75.5 Å². The lowest BCUT2D eigenvalue weighted by Crippen LogP contribution is -2.13. The van der Waals surface area contributed by atoms with E-state index in [1.54, 1.807) is 29.8 Å². The Bertz CT molecular complexity index is 1130. The molecule has 1 heterocycles. The summed E-state index contributed by atoms with van der Waals surface area (Å²) in [5.41, 5.74) is 2.18. The van der Waals surface area contributed by atoms with Gasteiger partial charge in [-0.25, -0.2) is 4.68 Å². The third-order valence-electron chi connectivity index (χ3n) is 4.11. The number of amides is 1. The SMILES string of the molecule is COc1ccc(NC(=O)/C(C#N)=C/c2c(C)nn(-c3ccccc3)c2Cl)cc1Cl. The summed E-state index contributed by atoms with van der Waals surface area (Å²) in [6.45, 7) is 1.76. The lowest BCUT2D eigenvalue weighted by molar-refractivity contribution is -0.112. The molecular formula is C21H16Cl2N4O2. The first-order valence-corrected chi connectivity index (χ1v) is 9.27. The van der Waals surface area contributed by atoms with Crippen molar-refractivity contribution < 1.29 is 9.53 Å². The largest absolute Gasteiger partial charge is 0.495 e. The van der Waals surface area contributed by atoms with E-state index in [4.69, 9.17) is 27.9 Å². The van der Waals surface area contributed by atoms with Gasteiger partial charge in [-0.15, -0.1) is 0 Å². The van der Waals surface area contributed by atoms with Crippen molar-refractivity contribution >= 4 is 40.9 Å². The van der Waals surface area contributed by atoms with Gasteiger partial charge in [0, 0.05) is 11.3 Å². The van der Waals surface area contributed by atoms with E-state index in [0.29, 0.717) is 32.9 Å². The van der Waals surface area contributed by atoms with Crippen molar-refractivity contribution in [1.82, 2.24) is 9.78 Å². The second-order valence-electron chi connectivity index (χ2n) is 6.01. The lowest BCUT2D eigenvalue weighted by Gasteiger charge is -2.07. The van der Waals surface area contributed by atoms with E-state index in [2.05, 4.69) is 10.4 Å². The molecule has 0 atom stereocenters. The number of carbonyl (C=O) groups is 1. The molecule has 0 radical (unpaired) electrons. The van der Waals surface area contributed by atoms with Crippen molar-refractivity contribution in [1.29, 1.82) is 5.26 Å². The molecule has 3 rings (SSSR count). The molecule has 29 heavy (non-hydrogen) atoms. The minimum atomic E-state index is -0.586. The van der Waals surface area contributed by atoms with Gasteiger partial charge in [0.25, 0.3) is 5.91 Å². The Morgan fingerprint density at radius 2 is 1.97 bits per heavy atom. The molecule has 0 unspecified atom stereocenters. The molecule has 8 heteroatoms. The van der Waals surface area contributed by atoms with Crippen LogP contribution in [0.25, 0.3) is 11.8 Å². The van der Waals surface area contributed by atoms with E-state index in [1.807, 2.05) is 36.4 Å². The third-order valence-corrected chi connectivity index (χ3v) is 4.77. The van der Waals surface area contributed by atoms with Gasteiger partial charge in [-0.1, -0.05) is 41.4 Å². The van der Waals surface area contributed by atoms with E-state index in [1.165, 1.54) is 13.2 Å². The maximum Gasteiger partial charge on any atom is 0.266 e. The molecule has 1 aromatic heterocycles. The number of carbonyl (C=O) groups excluding carboxylic acids is 1. The van der Waals surface area contributed by atoms with Crippen molar-refractivity contribution in [2.24, 2.45) is 0 Å². The van der Waals surface area contributed by atoms with Crippen LogP contribution in [0.2, 0.25) is 10.2 Å². The molecule has 3 aromatic rings. The standard InChI is InChI=1S/C21H16Cl2N4O2/c1-13-17(20(23)27(26-13)16-6-4-3-5-7-16)10-14(12-24)21(28)25-15-8-9-19(29-2)18(22)11-15/h3-11H,1-2H3,(H,25,28)/b14-10+. The smallest absolute Gasteiger partial charge is 0.266 e. The number of benzene rings is 2. The zero-order valence-corrected chi connectivity index (χ0v) is 17.1. The summed E-state index contributed by atoms with van der Waals surface area (Å²) in [4.78, 5) is 12.6. The van der Waals surface area contributed by atoms with Gasteiger partial charge in [0.15, 0.2) is 0 Å². The Morgan fingerprint density at radius 3 is 2.59 bits per heavy atom. The lowest BCUT2D eigenvalue weighted by atomic mass is 10.1. The van der Waals surface area contributed by atoms with Gasteiger partial charge in [-0.2, -0.15) is 10.4 Å². The summed E-state index contributed by atoms with van der Waals surface area (Å²) in [5.74, 6) is -0.104. The summed E-state index contributed by atoms with van der Waals surface area (Å²) < 4.78 is 6.64. The highest BCUT2D eigenvalue weighted by molar-refractivity contribution is 6.32. The number of hydrogen-bond donors (Lipinski definition) is 1. The van der Waals surface area contributed by atoms with E-state index in [-0.39, 0.29) is 5.57 Å². The number of ether oxygens (including phenoxy) is 1. The van der Waals surface area contributed by atoms with Gasteiger partial charge in [0.2, 0.25) is 0 Å². The van der Waals surface area contributed by atoms with Crippen LogP contribution >= 0.6 is 23.2 Å². The van der Waals surface area contributed by atoms with Crippen molar-refractivity contribution in [2.75, 3.05) is 12.4 Å². The van der Waals surface area contributed by atoms with Gasteiger partial charge in [0.05, 0.1) is 23.5 Å². The summed E-state index contributed by atoms with van der Waals surface area (Å²) in [5, 5.41) is 17.2. The molecule has 0 saturated carbocycles. The molecule has 1 amide bonds. The summed E-state index contributed by atoms with van der Waals surface area (Å²) in [7, 11) is 1.50. The number of para-hydroxylation sites is 1. The number of nitrogens with zero attached hydrogens (tertiary/aromatic N) is 3. The Balaban J connectivity index is 1.90. The van der Waals surface area contributed by atoms with Crippen LogP contribution < -0.4 is 10.1 Å². The number of aromatic nitrogens is 2. The van der Waals surface area contributed by atoms with E-state index in [9.17, 15) is 10.1 Å². The average Bonchev–Trinajstić information content (AvgIpc) is 3.00. The molecule has 0 aliphatic carbocycles. The molecule has 0 saturated heterocycles. The number of rotatable bonds is 5. The fraction of sp³-hybridized carbons (Fsp3) is 0.0952. The predicted octanol–water partition coefficient (Wildman–Crippen LogP) is 5.04. The van der Waals surface area contributed by atoms with E-state index in [0.717, 1.165) is 5.69 Å². The second-order valence-corrected chi connectivity index (χ2v) is 6.78. The van der Waals surface area contributed by atoms with Crippen molar-refractivity contribution in [3.8, 4) is 17.5 Å². The first-order chi connectivity index (χ1) is 13.9. The van der Waals surface area contributed by atoms with Gasteiger partial charge in [-0.3, -0.25) is 4.79 Å². The van der Waals surface area contributed by atoms with Crippen molar-refractivity contribution in [3.63, 3.8) is 0 Å². The predicted molar refractivity (Wildman–Crippen MR) is 114 cm³/mol. The van der Waals surface area contributed by atoms with E-state index < -0.39 is 5.91 Å². The first kappa shape index (κ1) is 20.5. The molecule has 6 nitrogen and oxygen atoms in total. The second kappa shape index (κ2) is 8.82. The molecule has 0 aliphatic rings. The third kappa shape index (κ3) is 4.43. The van der Waals surface area contributed by atoms with Crippen LogP contribution in [0.4, 0.5) is 5.69 Å². The van der Waals surface area contributed by atoms with Crippen LogP contribution in [0.5, 0.6) is 5.75 Å². The minimum absolute atomic E-state index is 0.116. The zero-order chi connectivity index (χ0) is 21.0. The Kier molecular flexibility index (Phi) is 6.23. The van der Waals surface area contributed by atoms with Crippen LogP contribution in [0, 0.1) is 18.3 Å². The number of nitriles is 1.